The maximum atomic E-state index is 5.45. The van der Waals surface area contributed by atoms with Gasteiger partial charge in [-0.1, -0.05) is 6.07 Å². The first-order valence-electron chi connectivity index (χ1n) is 6.06. The molecule has 1 aromatic carbocycles. The lowest BCUT2D eigenvalue weighted by molar-refractivity contribution is 0.409. The molecule has 2 aromatic rings. The number of benzene rings is 1. The van der Waals surface area contributed by atoms with E-state index in [1.165, 1.54) is 16.7 Å². The second-order valence-corrected chi connectivity index (χ2v) is 5.29. The van der Waals surface area contributed by atoms with Crippen molar-refractivity contribution in [1.29, 1.82) is 0 Å². The first-order valence-corrected chi connectivity index (χ1v) is 7.00. The van der Waals surface area contributed by atoms with Crippen molar-refractivity contribution in [2.45, 2.75) is 26.8 Å². The van der Waals surface area contributed by atoms with Crippen LogP contribution in [0, 0.1) is 13.8 Å². The Balaban J connectivity index is 2.24. The standard InChI is InChI=1S/C15H19NOS/c1-10-5-6-14(11(2)15(10)17-4)16-12(3)13-7-8-18-9-13/h5-9,12,16H,1-4H3. The second kappa shape index (κ2) is 5.44. The Morgan fingerprint density at radius 3 is 2.61 bits per heavy atom. The average molecular weight is 261 g/mol. The van der Waals surface area contributed by atoms with Crippen molar-refractivity contribution in [3.05, 3.63) is 45.6 Å². The third-order valence-electron chi connectivity index (χ3n) is 3.22. The molecule has 0 aliphatic heterocycles. The molecule has 0 spiro atoms. The van der Waals surface area contributed by atoms with Gasteiger partial charge in [0.05, 0.1) is 7.11 Å². The molecule has 1 atom stereocenters. The molecule has 3 heteroatoms. The highest BCUT2D eigenvalue weighted by molar-refractivity contribution is 7.07. The zero-order chi connectivity index (χ0) is 13.1. The van der Waals surface area contributed by atoms with E-state index in [1.54, 1.807) is 18.4 Å². The predicted octanol–water partition coefficient (Wildman–Crippen LogP) is 4.55. The van der Waals surface area contributed by atoms with Crippen molar-refractivity contribution in [2.75, 3.05) is 12.4 Å². The van der Waals surface area contributed by atoms with Gasteiger partial charge in [-0.15, -0.1) is 0 Å². The molecule has 0 aliphatic rings. The molecule has 0 fully saturated rings. The molecule has 2 nitrogen and oxygen atoms in total. The Morgan fingerprint density at radius 1 is 1.22 bits per heavy atom. The van der Waals surface area contributed by atoms with Crippen molar-refractivity contribution in [3.63, 3.8) is 0 Å². The summed E-state index contributed by atoms with van der Waals surface area (Å²) in [5.74, 6) is 0.970. The maximum absolute atomic E-state index is 5.45. The summed E-state index contributed by atoms with van der Waals surface area (Å²) in [6.07, 6.45) is 0. The highest BCUT2D eigenvalue weighted by Crippen LogP contribution is 2.31. The van der Waals surface area contributed by atoms with E-state index in [2.05, 4.69) is 55.0 Å². The van der Waals surface area contributed by atoms with Crippen LogP contribution in [0.25, 0.3) is 0 Å². The molecular weight excluding hydrogens is 242 g/mol. The highest BCUT2D eigenvalue weighted by Gasteiger charge is 2.11. The van der Waals surface area contributed by atoms with Gasteiger partial charge in [-0.25, -0.2) is 0 Å². The van der Waals surface area contributed by atoms with Crippen molar-refractivity contribution < 1.29 is 4.74 Å². The van der Waals surface area contributed by atoms with Gasteiger partial charge in [-0.2, -0.15) is 11.3 Å². The number of ether oxygens (including phenoxy) is 1. The fourth-order valence-electron chi connectivity index (χ4n) is 2.14. The summed E-state index contributed by atoms with van der Waals surface area (Å²) in [5, 5.41) is 7.83. The lowest BCUT2D eigenvalue weighted by atomic mass is 10.1. The van der Waals surface area contributed by atoms with Gasteiger partial charge >= 0.3 is 0 Å². The van der Waals surface area contributed by atoms with Crippen LogP contribution < -0.4 is 10.1 Å². The molecule has 0 saturated carbocycles. The van der Waals surface area contributed by atoms with Crippen molar-refractivity contribution in [1.82, 2.24) is 0 Å². The molecule has 1 aromatic heterocycles. The van der Waals surface area contributed by atoms with Crippen LogP contribution in [0.2, 0.25) is 0 Å². The van der Waals surface area contributed by atoms with Gasteiger partial charge in [-0.05, 0) is 54.8 Å². The largest absolute Gasteiger partial charge is 0.496 e. The molecular formula is C15H19NOS. The topological polar surface area (TPSA) is 21.3 Å². The number of hydrogen-bond donors (Lipinski definition) is 1. The van der Waals surface area contributed by atoms with Gasteiger partial charge in [0, 0.05) is 17.3 Å². The summed E-state index contributed by atoms with van der Waals surface area (Å²) in [7, 11) is 1.72. The van der Waals surface area contributed by atoms with E-state index in [9.17, 15) is 0 Å². The maximum Gasteiger partial charge on any atom is 0.126 e. The molecule has 0 radical (unpaired) electrons. The van der Waals surface area contributed by atoms with Crippen LogP contribution in [-0.2, 0) is 0 Å². The molecule has 0 bridgehead atoms. The van der Waals surface area contributed by atoms with Crippen LogP contribution in [0.1, 0.15) is 29.7 Å². The molecule has 1 unspecified atom stereocenters. The smallest absolute Gasteiger partial charge is 0.126 e. The summed E-state index contributed by atoms with van der Waals surface area (Å²) < 4.78 is 5.45. The minimum absolute atomic E-state index is 0.308. The fraction of sp³-hybridized carbons (Fsp3) is 0.333. The number of hydrogen-bond acceptors (Lipinski definition) is 3. The van der Waals surface area contributed by atoms with Gasteiger partial charge in [0.25, 0.3) is 0 Å². The molecule has 1 N–H and O–H groups in total. The third-order valence-corrected chi connectivity index (χ3v) is 3.92. The first-order chi connectivity index (χ1) is 8.63. The minimum Gasteiger partial charge on any atom is -0.496 e. The molecule has 2 rings (SSSR count). The number of methoxy groups -OCH3 is 1. The molecule has 0 aliphatic carbocycles. The highest BCUT2D eigenvalue weighted by atomic mass is 32.1. The van der Waals surface area contributed by atoms with E-state index >= 15 is 0 Å². The summed E-state index contributed by atoms with van der Waals surface area (Å²) in [6.45, 7) is 6.33. The van der Waals surface area contributed by atoms with Crippen molar-refractivity contribution in [3.8, 4) is 5.75 Å². The van der Waals surface area contributed by atoms with Gasteiger partial charge in [-0.3, -0.25) is 0 Å². The number of rotatable bonds is 4. The van der Waals surface area contributed by atoms with Gasteiger partial charge in [0.15, 0.2) is 0 Å². The predicted molar refractivity (Wildman–Crippen MR) is 78.8 cm³/mol. The van der Waals surface area contributed by atoms with E-state index in [0.717, 1.165) is 11.4 Å². The number of thiophene rings is 1. The Labute approximate surface area is 113 Å². The number of aryl methyl sites for hydroxylation is 1. The fourth-order valence-corrected chi connectivity index (χ4v) is 2.89. The van der Waals surface area contributed by atoms with Crippen LogP contribution in [0.4, 0.5) is 5.69 Å². The Kier molecular flexibility index (Phi) is 3.92. The van der Waals surface area contributed by atoms with Crippen LogP contribution in [-0.4, -0.2) is 7.11 Å². The van der Waals surface area contributed by atoms with Crippen LogP contribution >= 0.6 is 11.3 Å². The number of nitrogens with one attached hydrogen (secondary N) is 1. The summed E-state index contributed by atoms with van der Waals surface area (Å²) in [6, 6.07) is 6.68. The zero-order valence-corrected chi connectivity index (χ0v) is 12.1. The van der Waals surface area contributed by atoms with E-state index in [-0.39, 0.29) is 0 Å². The van der Waals surface area contributed by atoms with Crippen molar-refractivity contribution >= 4 is 17.0 Å². The normalized spacial score (nSPS) is 12.2. The van der Waals surface area contributed by atoms with E-state index in [4.69, 9.17) is 4.74 Å². The van der Waals surface area contributed by atoms with Gasteiger partial charge in [0.2, 0.25) is 0 Å². The Hall–Kier alpha value is -1.48. The Bertz CT molecular complexity index is 520. The SMILES string of the molecule is COc1c(C)ccc(NC(C)c2ccsc2)c1C. The second-order valence-electron chi connectivity index (χ2n) is 4.51. The quantitative estimate of drug-likeness (QED) is 0.872. The Morgan fingerprint density at radius 2 is 2.00 bits per heavy atom. The summed E-state index contributed by atoms with van der Waals surface area (Å²) in [4.78, 5) is 0. The van der Waals surface area contributed by atoms with Crippen molar-refractivity contribution in [2.24, 2.45) is 0 Å². The zero-order valence-electron chi connectivity index (χ0n) is 11.3. The van der Waals surface area contributed by atoms with Crippen LogP contribution in [0.3, 0.4) is 0 Å². The first kappa shape index (κ1) is 13.0. The third kappa shape index (κ3) is 2.51. The summed E-state index contributed by atoms with van der Waals surface area (Å²) in [5.41, 5.74) is 4.79. The molecule has 18 heavy (non-hydrogen) atoms. The lowest BCUT2D eigenvalue weighted by Crippen LogP contribution is -2.07. The lowest BCUT2D eigenvalue weighted by Gasteiger charge is -2.18. The van der Waals surface area contributed by atoms with Gasteiger partial charge in [0.1, 0.15) is 5.75 Å². The van der Waals surface area contributed by atoms with Crippen LogP contribution in [0.5, 0.6) is 5.75 Å². The summed E-state index contributed by atoms with van der Waals surface area (Å²) >= 11 is 1.73. The average Bonchev–Trinajstić information content (AvgIpc) is 2.87. The monoisotopic (exact) mass is 261 g/mol. The van der Waals surface area contributed by atoms with Crippen LogP contribution in [0.15, 0.2) is 29.0 Å². The molecule has 1 heterocycles. The molecule has 96 valence electrons. The number of anilines is 1. The van der Waals surface area contributed by atoms with E-state index in [1.807, 2.05) is 0 Å². The molecule has 0 saturated heterocycles. The van der Waals surface area contributed by atoms with E-state index < -0.39 is 0 Å². The molecule has 0 amide bonds. The van der Waals surface area contributed by atoms with Gasteiger partial charge < -0.3 is 10.1 Å². The van der Waals surface area contributed by atoms with E-state index in [0.29, 0.717) is 6.04 Å². The minimum atomic E-state index is 0.308.